The number of hydrogen-bond acceptors (Lipinski definition) is 2. The second kappa shape index (κ2) is 7.12. The molecule has 2 unspecified atom stereocenters. The third-order valence-electron chi connectivity index (χ3n) is 4.77. The summed E-state index contributed by atoms with van der Waals surface area (Å²) in [5.41, 5.74) is 4.25. The largest absolute Gasteiger partial charge is 0.371 e. The molecule has 0 bridgehead atoms. The first-order chi connectivity index (χ1) is 9.61. The maximum Gasteiger partial charge on any atom is 0.0369 e. The van der Waals surface area contributed by atoms with Gasteiger partial charge in [0.15, 0.2) is 0 Å². The highest BCUT2D eigenvalue weighted by Crippen LogP contribution is 2.28. The Morgan fingerprint density at radius 3 is 2.70 bits per heavy atom. The Hall–Kier alpha value is -1.02. The van der Waals surface area contributed by atoms with Crippen molar-refractivity contribution in [1.82, 2.24) is 5.32 Å². The van der Waals surface area contributed by atoms with Gasteiger partial charge in [-0.25, -0.2) is 0 Å². The third-order valence-corrected chi connectivity index (χ3v) is 4.77. The van der Waals surface area contributed by atoms with Crippen LogP contribution in [0.5, 0.6) is 0 Å². The Morgan fingerprint density at radius 2 is 2.05 bits per heavy atom. The van der Waals surface area contributed by atoms with E-state index in [0.717, 1.165) is 24.9 Å². The zero-order valence-electron chi connectivity index (χ0n) is 13.6. The minimum Gasteiger partial charge on any atom is -0.371 e. The summed E-state index contributed by atoms with van der Waals surface area (Å²) in [4.78, 5) is 2.56. The van der Waals surface area contributed by atoms with Gasteiger partial charge < -0.3 is 10.2 Å². The van der Waals surface area contributed by atoms with Crippen molar-refractivity contribution in [2.75, 3.05) is 24.5 Å². The Balaban J connectivity index is 2.01. The summed E-state index contributed by atoms with van der Waals surface area (Å²) in [7, 11) is 0. The molecule has 1 aliphatic rings. The first-order valence-corrected chi connectivity index (χ1v) is 8.17. The summed E-state index contributed by atoms with van der Waals surface area (Å²) in [5, 5.41) is 3.49. The van der Waals surface area contributed by atoms with Gasteiger partial charge in [0.1, 0.15) is 0 Å². The Labute approximate surface area is 124 Å². The van der Waals surface area contributed by atoms with E-state index in [0.29, 0.717) is 0 Å². The number of nitrogens with zero attached hydrogens (tertiary/aromatic N) is 1. The number of hydrogen-bond donors (Lipinski definition) is 1. The number of rotatable bonds is 5. The van der Waals surface area contributed by atoms with E-state index >= 15 is 0 Å². The molecule has 0 amide bonds. The van der Waals surface area contributed by atoms with Gasteiger partial charge in [0.25, 0.3) is 0 Å². The number of aryl methyl sites for hydroxylation is 1. The van der Waals surface area contributed by atoms with Crippen LogP contribution in [0.1, 0.15) is 44.7 Å². The molecule has 112 valence electrons. The Morgan fingerprint density at radius 1 is 1.25 bits per heavy atom. The molecule has 0 spiro atoms. The molecule has 1 heterocycles. The molecule has 1 N–H and O–H groups in total. The van der Waals surface area contributed by atoms with Crippen molar-refractivity contribution in [3.8, 4) is 0 Å². The van der Waals surface area contributed by atoms with Crippen molar-refractivity contribution in [3.05, 3.63) is 29.3 Å². The van der Waals surface area contributed by atoms with Gasteiger partial charge in [-0.3, -0.25) is 0 Å². The van der Waals surface area contributed by atoms with Crippen LogP contribution in [-0.2, 0) is 6.54 Å². The lowest BCUT2D eigenvalue weighted by atomic mass is 9.88. The van der Waals surface area contributed by atoms with Crippen molar-refractivity contribution in [1.29, 1.82) is 0 Å². The summed E-state index contributed by atoms with van der Waals surface area (Å²) in [6, 6.07) is 6.97. The topological polar surface area (TPSA) is 15.3 Å². The predicted molar refractivity (Wildman–Crippen MR) is 88.3 cm³/mol. The monoisotopic (exact) mass is 274 g/mol. The van der Waals surface area contributed by atoms with Gasteiger partial charge in [-0.15, -0.1) is 0 Å². The van der Waals surface area contributed by atoms with E-state index in [1.54, 1.807) is 0 Å². The lowest BCUT2D eigenvalue weighted by Gasteiger charge is -2.37. The smallest absolute Gasteiger partial charge is 0.0369 e. The quantitative estimate of drug-likeness (QED) is 0.817. The first kappa shape index (κ1) is 15.4. The van der Waals surface area contributed by atoms with Crippen molar-refractivity contribution in [2.45, 2.75) is 47.1 Å². The number of benzene rings is 1. The van der Waals surface area contributed by atoms with Gasteiger partial charge in [-0.2, -0.15) is 0 Å². The molecule has 1 saturated heterocycles. The van der Waals surface area contributed by atoms with Crippen LogP contribution in [0, 0.1) is 18.8 Å². The molecule has 0 radical (unpaired) electrons. The van der Waals surface area contributed by atoms with Gasteiger partial charge in [0, 0.05) is 25.3 Å². The van der Waals surface area contributed by atoms with Gasteiger partial charge in [-0.05, 0) is 61.4 Å². The summed E-state index contributed by atoms with van der Waals surface area (Å²) in [6.45, 7) is 13.7. The van der Waals surface area contributed by atoms with Gasteiger partial charge in [0.2, 0.25) is 0 Å². The molecule has 1 aromatic rings. The molecule has 0 aromatic heterocycles. The number of piperidine rings is 1. The number of anilines is 1. The highest BCUT2D eigenvalue weighted by Gasteiger charge is 2.22. The van der Waals surface area contributed by atoms with E-state index in [9.17, 15) is 0 Å². The Kier molecular flexibility index (Phi) is 5.47. The molecule has 20 heavy (non-hydrogen) atoms. The van der Waals surface area contributed by atoms with Gasteiger partial charge in [-0.1, -0.05) is 26.8 Å². The van der Waals surface area contributed by atoms with Gasteiger partial charge >= 0.3 is 0 Å². The van der Waals surface area contributed by atoms with Gasteiger partial charge in [0.05, 0.1) is 0 Å². The van der Waals surface area contributed by atoms with Crippen LogP contribution < -0.4 is 10.2 Å². The van der Waals surface area contributed by atoms with Crippen molar-refractivity contribution in [2.24, 2.45) is 11.8 Å². The summed E-state index contributed by atoms with van der Waals surface area (Å²) >= 11 is 0. The zero-order valence-corrected chi connectivity index (χ0v) is 13.6. The second-order valence-electron chi connectivity index (χ2n) is 6.48. The highest BCUT2D eigenvalue weighted by atomic mass is 15.1. The first-order valence-electron chi connectivity index (χ1n) is 8.17. The average molecular weight is 274 g/mol. The van der Waals surface area contributed by atoms with Crippen molar-refractivity contribution >= 4 is 5.69 Å². The van der Waals surface area contributed by atoms with Crippen molar-refractivity contribution in [3.63, 3.8) is 0 Å². The summed E-state index contributed by atoms with van der Waals surface area (Å²) < 4.78 is 0. The molecule has 1 aliphatic heterocycles. The molecule has 0 saturated carbocycles. The second-order valence-corrected chi connectivity index (χ2v) is 6.48. The minimum atomic E-state index is 0.801. The molecule has 1 fully saturated rings. The van der Waals surface area contributed by atoms with Crippen LogP contribution in [0.4, 0.5) is 5.69 Å². The highest BCUT2D eigenvalue weighted by molar-refractivity contribution is 5.51. The lowest BCUT2D eigenvalue weighted by molar-refractivity contribution is 0.324. The summed E-state index contributed by atoms with van der Waals surface area (Å²) in [5.74, 6) is 1.67. The fourth-order valence-electron chi connectivity index (χ4n) is 2.97. The molecule has 0 aliphatic carbocycles. The molecule has 1 aromatic carbocycles. The number of nitrogens with one attached hydrogen (secondary N) is 1. The van der Waals surface area contributed by atoms with E-state index in [1.807, 2.05) is 0 Å². The predicted octanol–water partition coefficient (Wildman–Crippen LogP) is 3.98. The van der Waals surface area contributed by atoms with Crippen LogP contribution >= 0.6 is 0 Å². The van der Waals surface area contributed by atoms with E-state index in [-0.39, 0.29) is 0 Å². The molecule has 2 heteroatoms. The molecule has 2 rings (SSSR count). The fraction of sp³-hybridized carbons (Fsp3) is 0.667. The molecule has 2 nitrogen and oxygen atoms in total. The van der Waals surface area contributed by atoms with E-state index in [4.69, 9.17) is 0 Å². The van der Waals surface area contributed by atoms with Crippen LogP contribution in [0.25, 0.3) is 0 Å². The molecular formula is C18H30N2. The van der Waals surface area contributed by atoms with E-state index in [1.165, 1.54) is 42.7 Å². The summed E-state index contributed by atoms with van der Waals surface area (Å²) in [6.07, 6.45) is 2.51. The maximum atomic E-state index is 3.49. The van der Waals surface area contributed by atoms with Crippen LogP contribution in [0.15, 0.2) is 18.2 Å². The normalized spacial score (nSPS) is 23.1. The maximum absolute atomic E-state index is 3.49. The van der Waals surface area contributed by atoms with E-state index in [2.05, 4.69) is 56.1 Å². The Bertz CT molecular complexity index is 427. The van der Waals surface area contributed by atoms with Crippen molar-refractivity contribution < 1.29 is 0 Å². The third kappa shape index (κ3) is 3.76. The minimum absolute atomic E-state index is 0.801. The molecular weight excluding hydrogens is 244 g/mol. The van der Waals surface area contributed by atoms with E-state index < -0.39 is 0 Å². The van der Waals surface area contributed by atoms with Crippen LogP contribution in [0.2, 0.25) is 0 Å². The zero-order chi connectivity index (χ0) is 14.5. The lowest BCUT2D eigenvalue weighted by Crippen LogP contribution is -2.38. The fourth-order valence-corrected chi connectivity index (χ4v) is 2.97. The standard InChI is InChI=1S/C18H30N2/c1-5-9-19-12-17-6-7-18(11-15(17)3)20-10-8-14(2)16(4)13-20/h6-7,11,14,16,19H,5,8-10,12-13H2,1-4H3. The van der Waals surface area contributed by atoms with Crippen LogP contribution in [0.3, 0.4) is 0 Å². The molecule has 2 atom stereocenters. The van der Waals surface area contributed by atoms with Crippen LogP contribution in [-0.4, -0.2) is 19.6 Å². The average Bonchev–Trinajstić information content (AvgIpc) is 2.44. The SMILES string of the molecule is CCCNCc1ccc(N2CCC(C)C(C)C2)cc1C.